The van der Waals surface area contributed by atoms with Gasteiger partial charge >= 0.3 is 0 Å². The molecular formula is C8H10N4. The van der Waals surface area contributed by atoms with Gasteiger partial charge in [0.1, 0.15) is 0 Å². The van der Waals surface area contributed by atoms with Gasteiger partial charge in [0.25, 0.3) is 0 Å². The van der Waals surface area contributed by atoms with Gasteiger partial charge in [-0.3, -0.25) is 4.98 Å². The molecule has 0 saturated carbocycles. The fourth-order valence-electron chi connectivity index (χ4n) is 0.985. The molecular weight excluding hydrogens is 152 g/mol. The van der Waals surface area contributed by atoms with Crippen LogP contribution in [0.5, 0.6) is 0 Å². The van der Waals surface area contributed by atoms with E-state index in [2.05, 4.69) is 15.0 Å². The summed E-state index contributed by atoms with van der Waals surface area (Å²) in [6.07, 6.45) is 2.48. The number of aromatic nitrogens is 1. The molecule has 0 aliphatic rings. The molecule has 1 heterocycles. The highest BCUT2D eigenvalue weighted by molar-refractivity contribution is 5.08. The lowest BCUT2D eigenvalue weighted by atomic mass is 10.1. The monoisotopic (exact) mass is 162 g/mol. The van der Waals surface area contributed by atoms with Crippen LogP contribution in [0.25, 0.3) is 10.4 Å². The van der Waals surface area contributed by atoms with Crippen LogP contribution in [0.3, 0.4) is 0 Å². The van der Waals surface area contributed by atoms with E-state index in [0.29, 0.717) is 0 Å². The van der Waals surface area contributed by atoms with Gasteiger partial charge in [0.05, 0.1) is 6.04 Å². The van der Waals surface area contributed by atoms with Crippen LogP contribution in [0.1, 0.15) is 25.1 Å². The molecule has 1 aromatic heterocycles. The summed E-state index contributed by atoms with van der Waals surface area (Å²) >= 11 is 0. The zero-order valence-corrected chi connectivity index (χ0v) is 6.88. The molecule has 0 saturated heterocycles. The molecule has 0 bridgehead atoms. The first-order valence-corrected chi connectivity index (χ1v) is 3.83. The Bertz CT molecular complexity index is 276. The molecule has 1 rings (SSSR count). The van der Waals surface area contributed by atoms with Crippen molar-refractivity contribution in [1.29, 1.82) is 0 Å². The predicted molar refractivity (Wildman–Crippen MR) is 46.4 cm³/mol. The van der Waals surface area contributed by atoms with Gasteiger partial charge in [-0.2, -0.15) is 0 Å². The van der Waals surface area contributed by atoms with Crippen LogP contribution in [0.4, 0.5) is 0 Å². The van der Waals surface area contributed by atoms with Crippen LogP contribution in [-0.2, 0) is 0 Å². The van der Waals surface area contributed by atoms with Crippen LogP contribution in [0.15, 0.2) is 29.5 Å². The maximum atomic E-state index is 8.26. The largest absolute Gasteiger partial charge is 0.261 e. The zero-order valence-electron chi connectivity index (χ0n) is 6.88. The summed E-state index contributed by atoms with van der Waals surface area (Å²) in [6.45, 7) is 1.97. The summed E-state index contributed by atoms with van der Waals surface area (Å²) in [6, 6.07) is 5.46. The molecule has 12 heavy (non-hydrogen) atoms. The fourth-order valence-corrected chi connectivity index (χ4v) is 0.985. The lowest BCUT2D eigenvalue weighted by Crippen LogP contribution is -1.94. The Morgan fingerprint density at radius 2 is 2.50 bits per heavy atom. The van der Waals surface area contributed by atoms with Crippen molar-refractivity contribution in [2.75, 3.05) is 0 Å². The number of hydrogen-bond acceptors (Lipinski definition) is 2. The molecule has 0 unspecified atom stereocenters. The second kappa shape index (κ2) is 4.36. The number of rotatable bonds is 3. The molecule has 0 aromatic carbocycles. The first-order valence-electron chi connectivity index (χ1n) is 3.83. The molecule has 1 atom stereocenters. The smallest absolute Gasteiger partial charge is 0.0795 e. The number of pyridine rings is 1. The highest BCUT2D eigenvalue weighted by atomic mass is 15.2. The molecule has 0 amide bonds. The zero-order chi connectivity index (χ0) is 8.81. The highest BCUT2D eigenvalue weighted by Crippen LogP contribution is 2.17. The Kier molecular flexibility index (Phi) is 3.11. The first-order chi connectivity index (χ1) is 5.88. The molecule has 0 N–H and O–H groups in total. The van der Waals surface area contributed by atoms with Gasteiger partial charge in [-0.25, -0.2) is 0 Å². The lowest BCUT2D eigenvalue weighted by molar-refractivity contribution is 0.670. The van der Waals surface area contributed by atoms with Crippen LogP contribution in [-0.4, -0.2) is 4.98 Å². The van der Waals surface area contributed by atoms with Gasteiger partial charge in [0.2, 0.25) is 0 Å². The van der Waals surface area contributed by atoms with Crippen LogP contribution in [0.2, 0.25) is 0 Å². The van der Waals surface area contributed by atoms with Crippen molar-refractivity contribution in [3.8, 4) is 0 Å². The average Bonchev–Trinajstić information content (AvgIpc) is 2.15. The Labute approximate surface area is 70.9 Å². The van der Waals surface area contributed by atoms with E-state index < -0.39 is 0 Å². The Balaban J connectivity index is 2.87. The fraction of sp³-hybridized carbons (Fsp3) is 0.375. The van der Waals surface area contributed by atoms with Crippen molar-refractivity contribution < 1.29 is 0 Å². The summed E-state index contributed by atoms with van der Waals surface area (Å²) in [7, 11) is 0. The Morgan fingerprint density at radius 3 is 3.00 bits per heavy atom. The van der Waals surface area contributed by atoms with Crippen LogP contribution < -0.4 is 0 Å². The van der Waals surface area contributed by atoms with Crippen LogP contribution in [0, 0.1) is 0 Å². The summed E-state index contributed by atoms with van der Waals surface area (Å²) in [5, 5.41) is 3.63. The van der Waals surface area contributed by atoms with Gasteiger partial charge < -0.3 is 0 Å². The molecule has 4 heteroatoms. The summed E-state index contributed by atoms with van der Waals surface area (Å²) in [5.74, 6) is 0. The van der Waals surface area contributed by atoms with E-state index in [9.17, 15) is 0 Å². The van der Waals surface area contributed by atoms with Crippen molar-refractivity contribution in [2.24, 2.45) is 5.11 Å². The van der Waals surface area contributed by atoms with Crippen molar-refractivity contribution in [3.05, 3.63) is 40.5 Å². The summed E-state index contributed by atoms with van der Waals surface area (Å²) in [5.41, 5.74) is 9.09. The maximum absolute atomic E-state index is 8.26. The first kappa shape index (κ1) is 8.56. The second-order valence-electron chi connectivity index (χ2n) is 2.38. The topological polar surface area (TPSA) is 61.7 Å². The quantitative estimate of drug-likeness (QED) is 0.383. The van der Waals surface area contributed by atoms with Crippen molar-refractivity contribution in [3.63, 3.8) is 0 Å². The van der Waals surface area contributed by atoms with E-state index in [0.717, 1.165) is 12.1 Å². The minimum atomic E-state index is -0.129. The van der Waals surface area contributed by atoms with Gasteiger partial charge in [-0.1, -0.05) is 18.1 Å². The summed E-state index contributed by atoms with van der Waals surface area (Å²) in [4.78, 5) is 6.87. The minimum Gasteiger partial charge on any atom is -0.261 e. The molecule has 0 aliphatic carbocycles. The molecule has 62 valence electrons. The number of azide groups is 1. The van der Waals surface area contributed by atoms with Gasteiger partial charge in [0.15, 0.2) is 0 Å². The van der Waals surface area contributed by atoms with Gasteiger partial charge in [-0.05, 0) is 24.1 Å². The van der Waals surface area contributed by atoms with E-state index in [-0.39, 0.29) is 6.04 Å². The molecule has 0 aliphatic heterocycles. The maximum Gasteiger partial charge on any atom is 0.0795 e. The Morgan fingerprint density at radius 1 is 1.67 bits per heavy atom. The number of nitrogens with zero attached hydrogens (tertiary/aromatic N) is 4. The van der Waals surface area contributed by atoms with Crippen LogP contribution >= 0.6 is 0 Å². The highest BCUT2D eigenvalue weighted by Gasteiger charge is 2.05. The molecule has 0 fully saturated rings. The Hall–Kier alpha value is -1.54. The SMILES string of the molecule is CC[C@@H](N=[N+]=[N-])c1ccccn1. The third-order valence-electron chi connectivity index (χ3n) is 1.61. The summed E-state index contributed by atoms with van der Waals surface area (Å²) < 4.78 is 0. The second-order valence-corrected chi connectivity index (χ2v) is 2.38. The molecule has 4 nitrogen and oxygen atoms in total. The molecule has 0 radical (unpaired) electrons. The molecule has 0 spiro atoms. The van der Waals surface area contributed by atoms with Crippen molar-refractivity contribution in [1.82, 2.24) is 4.98 Å². The van der Waals surface area contributed by atoms with Gasteiger partial charge in [0, 0.05) is 16.8 Å². The van der Waals surface area contributed by atoms with Gasteiger partial charge in [-0.15, -0.1) is 0 Å². The molecule has 1 aromatic rings. The van der Waals surface area contributed by atoms with E-state index in [1.807, 2.05) is 25.1 Å². The van der Waals surface area contributed by atoms with E-state index in [1.165, 1.54) is 0 Å². The number of hydrogen-bond donors (Lipinski definition) is 0. The van der Waals surface area contributed by atoms with E-state index in [1.54, 1.807) is 6.20 Å². The average molecular weight is 162 g/mol. The third kappa shape index (κ3) is 1.97. The third-order valence-corrected chi connectivity index (χ3v) is 1.61. The van der Waals surface area contributed by atoms with E-state index >= 15 is 0 Å². The standard InChI is InChI=1S/C8H10N4/c1-2-7(11-12-9)8-5-3-4-6-10-8/h3-7H,2H2,1H3/t7-/m1/s1. The predicted octanol–water partition coefficient (Wildman–Crippen LogP) is 2.84. The van der Waals surface area contributed by atoms with E-state index in [4.69, 9.17) is 5.53 Å². The normalized spacial score (nSPS) is 11.8. The minimum absolute atomic E-state index is 0.129. The lowest BCUT2D eigenvalue weighted by Gasteiger charge is -2.05. The van der Waals surface area contributed by atoms with Crippen molar-refractivity contribution >= 4 is 0 Å². The van der Waals surface area contributed by atoms with Crippen molar-refractivity contribution in [2.45, 2.75) is 19.4 Å².